The van der Waals surface area contributed by atoms with Crippen LogP contribution < -0.4 is 5.32 Å². The molecular formula is C19H24ClN5O2. The van der Waals surface area contributed by atoms with Gasteiger partial charge in [0, 0.05) is 6.04 Å². The molecule has 8 heteroatoms. The van der Waals surface area contributed by atoms with Crippen molar-refractivity contribution in [2.24, 2.45) is 23.7 Å². The summed E-state index contributed by atoms with van der Waals surface area (Å²) in [6.45, 7) is 0. The number of nitrogens with zero attached hydrogens (tertiary/aromatic N) is 4. The molecule has 3 N–H and O–H groups in total. The molecule has 2 aromatic heterocycles. The number of nitrogens with one attached hydrogen (secondary N) is 1. The van der Waals surface area contributed by atoms with Crippen LogP contribution in [0.5, 0.6) is 0 Å². The van der Waals surface area contributed by atoms with E-state index in [-0.39, 0.29) is 23.2 Å². The van der Waals surface area contributed by atoms with Crippen LogP contribution in [0.15, 0.2) is 6.33 Å². The third-order valence-electron chi connectivity index (χ3n) is 7.27. The van der Waals surface area contributed by atoms with Crippen molar-refractivity contribution in [2.45, 2.75) is 62.8 Å². The topological polar surface area (TPSA) is 96.1 Å². The first-order valence-electron chi connectivity index (χ1n) is 10.1. The Balaban J connectivity index is 1.38. The highest BCUT2D eigenvalue weighted by Gasteiger charge is 2.60. The highest BCUT2D eigenvalue weighted by Crippen LogP contribution is 2.58. The van der Waals surface area contributed by atoms with E-state index in [1.165, 1.54) is 32.1 Å². The lowest BCUT2D eigenvalue weighted by molar-refractivity contribution is 0.00386. The van der Waals surface area contributed by atoms with E-state index in [0.717, 1.165) is 12.3 Å². The van der Waals surface area contributed by atoms with E-state index in [9.17, 15) is 10.2 Å². The second kappa shape index (κ2) is 5.78. The number of hydrogen-bond acceptors (Lipinski definition) is 6. The number of fused-ring (bicyclic) bond motifs is 2. The van der Waals surface area contributed by atoms with Crippen molar-refractivity contribution in [3.8, 4) is 0 Å². The normalized spacial score (nSPS) is 36.5. The molecule has 0 unspecified atom stereocenters. The van der Waals surface area contributed by atoms with Gasteiger partial charge in [-0.3, -0.25) is 0 Å². The van der Waals surface area contributed by atoms with Gasteiger partial charge in [-0.15, -0.1) is 0 Å². The van der Waals surface area contributed by atoms with Crippen molar-refractivity contribution in [3.63, 3.8) is 0 Å². The molecule has 6 rings (SSSR count). The third-order valence-corrected chi connectivity index (χ3v) is 7.44. The summed E-state index contributed by atoms with van der Waals surface area (Å²) in [5.41, 5.74) is 1.35. The average molecular weight is 390 g/mol. The summed E-state index contributed by atoms with van der Waals surface area (Å²) in [6.07, 6.45) is 7.64. The quantitative estimate of drug-likeness (QED) is 0.679. The summed E-state index contributed by atoms with van der Waals surface area (Å²) in [4.78, 5) is 13.4. The molecule has 27 heavy (non-hydrogen) atoms. The summed E-state index contributed by atoms with van der Waals surface area (Å²) >= 11 is 6.26. The lowest BCUT2D eigenvalue weighted by Crippen LogP contribution is -2.35. The van der Waals surface area contributed by atoms with Gasteiger partial charge in [0.15, 0.2) is 17.0 Å². The molecule has 0 spiro atoms. The lowest BCUT2D eigenvalue weighted by atomic mass is 9.78. The van der Waals surface area contributed by atoms with Crippen molar-refractivity contribution < 1.29 is 10.2 Å². The van der Waals surface area contributed by atoms with E-state index < -0.39 is 12.2 Å². The Bertz CT molecular complexity index is 896. The van der Waals surface area contributed by atoms with Crippen LogP contribution >= 0.6 is 11.6 Å². The Labute approximate surface area is 162 Å². The van der Waals surface area contributed by atoms with Gasteiger partial charge in [-0.1, -0.05) is 6.42 Å². The molecule has 2 aromatic rings. The fourth-order valence-electron chi connectivity index (χ4n) is 5.34. The number of aliphatic hydroxyl groups is 2. The van der Waals surface area contributed by atoms with Crippen LogP contribution in [0.1, 0.15) is 44.6 Å². The van der Waals surface area contributed by atoms with Gasteiger partial charge < -0.3 is 20.1 Å². The Morgan fingerprint density at radius 1 is 1.07 bits per heavy atom. The van der Waals surface area contributed by atoms with E-state index in [2.05, 4.69) is 20.3 Å². The molecule has 0 amide bonds. The van der Waals surface area contributed by atoms with Gasteiger partial charge in [0.1, 0.15) is 6.10 Å². The minimum Gasteiger partial charge on any atom is -0.390 e. The van der Waals surface area contributed by atoms with Crippen molar-refractivity contribution >= 4 is 28.6 Å². The first-order valence-corrected chi connectivity index (χ1v) is 10.5. The molecule has 4 saturated carbocycles. The minimum absolute atomic E-state index is 0.190. The van der Waals surface area contributed by atoms with Crippen LogP contribution in [0.4, 0.5) is 5.82 Å². The van der Waals surface area contributed by atoms with E-state index in [4.69, 9.17) is 11.6 Å². The zero-order valence-electron chi connectivity index (χ0n) is 15.0. The lowest BCUT2D eigenvalue weighted by Gasteiger charge is -2.35. The van der Waals surface area contributed by atoms with Crippen molar-refractivity contribution in [1.82, 2.24) is 19.5 Å². The van der Waals surface area contributed by atoms with Crippen LogP contribution in [0.2, 0.25) is 5.28 Å². The number of aromatic nitrogens is 4. The van der Waals surface area contributed by atoms with Gasteiger partial charge in [-0.05, 0) is 67.4 Å². The molecule has 0 aromatic carbocycles. The van der Waals surface area contributed by atoms with Crippen molar-refractivity contribution in [1.29, 1.82) is 0 Å². The smallest absolute Gasteiger partial charge is 0.226 e. The van der Waals surface area contributed by atoms with Gasteiger partial charge >= 0.3 is 0 Å². The van der Waals surface area contributed by atoms with Crippen LogP contribution in [0.25, 0.3) is 11.2 Å². The van der Waals surface area contributed by atoms with Gasteiger partial charge in [0.2, 0.25) is 5.28 Å². The number of rotatable bonds is 5. The largest absolute Gasteiger partial charge is 0.390 e. The number of imidazole rings is 1. The standard InChI is InChI=1S/C19H24ClN5O2/c20-19-23-17(22-12(9-4-5-9)8-2-1-3-8)13-18(24-19)25(7-21-13)14-10-6-11(10)15(26)16(14)27/h7-12,14-16,26-27H,1-6H2,(H,22,23,24)/t10-,11+,12-,14+,15+,16-/m0/s1. The van der Waals surface area contributed by atoms with Crippen molar-refractivity contribution in [2.75, 3.05) is 5.32 Å². The minimum atomic E-state index is -0.787. The van der Waals surface area contributed by atoms with E-state index >= 15 is 0 Å². The van der Waals surface area contributed by atoms with Crippen LogP contribution in [0, 0.1) is 23.7 Å². The molecule has 144 valence electrons. The Kier molecular flexibility index (Phi) is 3.53. The highest BCUT2D eigenvalue weighted by atomic mass is 35.5. The number of aliphatic hydroxyl groups excluding tert-OH is 2. The maximum Gasteiger partial charge on any atom is 0.226 e. The maximum atomic E-state index is 10.5. The predicted octanol–water partition coefficient (Wildman–Crippen LogP) is 2.38. The molecule has 0 radical (unpaired) electrons. The van der Waals surface area contributed by atoms with Crippen LogP contribution in [0.3, 0.4) is 0 Å². The van der Waals surface area contributed by atoms with Gasteiger partial charge in [0.25, 0.3) is 0 Å². The third kappa shape index (κ3) is 2.51. The molecule has 7 nitrogen and oxygen atoms in total. The summed E-state index contributed by atoms with van der Waals surface area (Å²) in [5, 5.41) is 24.5. The Morgan fingerprint density at radius 3 is 2.48 bits per heavy atom. The summed E-state index contributed by atoms with van der Waals surface area (Å²) in [6, 6.07) is 0.240. The van der Waals surface area contributed by atoms with E-state index in [0.29, 0.717) is 28.9 Å². The fraction of sp³-hybridized carbons (Fsp3) is 0.737. The zero-order valence-corrected chi connectivity index (χ0v) is 15.8. The SMILES string of the molecule is O[C@@H]1[C@H](O)[C@@H]2C[C@@H]2[C@H]1n1cnc2c(N[C@@H](C3CCC3)C3CC3)nc(Cl)nc21. The summed E-state index contributed by atoms with van der Waals surface area (Å²) < 4.78 is 1.90. The molecule has 0 saturated heterocycles. The first kappa shape index (κ1) is 16.5. The molecule has 0 aliphatic heterocycles. The number of hydrogen-bond donors (Lipinski definition) is 3. The van der Waals surface area contributed by atoms with E-state index in [1.807, 2.05) is 4.57 Å². The molecule has 4 aliphatic rings. The summed E-state index contributed by atoms with van der Waals surface area (Å²) in [7, 11) is 0. The number of halogens is 1. The molecular weight excluding hydrogens is 366 g/mol. The van der Waals surface area contributed by atoms with Gasteiger partial charge in [0.05, 0.1) is 18.5 Å². The molecule has 6 atom stereocenters. The maximum absolute atomic E-state index is 10.5. The Hall–Kier alpha value is -1.44. The fourth-order valence-corrected chi connectivity index (χ4v) is 5.51. The van der Waals surface area contributed by atoms with Crippen molar-refractivity contribution in [3.05, 3.63) is 11.6 Å². The second-order valence-corrected chi connectivity index (χ2v) is 9.24. The predicted molar refractivity (Wildman–Crippen MR) is 100 cm³/mol. The number of anilines is 1. The molecule has 4 aliphatic carbocycles. The summed E-state index contributed by atoms with van der Waals surface area (Å²) in [5.74, 6) is 2.61. The van der Waals surface area contributed by atoms with Gasteiger partial charge in [-0.25, -0.2) is 4.98 Å². The molecule has 2 heterocycles. The molecule has 4 fully saturated rings. The average Bonchev–Trinajstić information content (AvgIpc) is 3.49. The first-order chi connectivity index (χ1) is 13.1. The monoisotopic (exact) mass is 389 g/mol. The van der Waals surface area contributed by atoms with Gasteiger partial charge in [-0.2, -0.15) is 9.97 Å². The van der Waals surface area contributed by atoms with Crippen LogP contribution in [-0.4, -0.2) is 48.0 Å². The van der Waals surface area contributed by atoms with Crippen LogP contribution in [-0.2, 0) is 0 Å². The Morgan fingerprint density at radius 2 is 1.85 bits per heavy atom. The zero-order chi connectivity index (χ0) is 18.3. The van der Waals surface area contributed by atoms with E-state index in [1.54, 1.807) is 6.33 Å². The molecule has 0 bridgehead atoms. The second-order valence-electron chi connectivity index (χ2n) is 8.90. The highest BCUT2D eigenvalue weighted by molar-refractivity contribution is 6.28.